The highest BCUT2D eigenvalue weighted by Crippen LogP contribution is 2.29. The molecule has 0 aliphatic carbocycles. The maximum atomic E-state index is 6.54. The van der Waals surface area contributed by atoms with Crippen molar-refractivity contribution in [2.45, 2.75) is 40.7 Å². The number of nitrogens with two attached hydrogens (primary N) is 1. The second-order valence-electron chi connectivity index (χ2n) is 5.58. The van der Waals surface area contributed by atoms with Crippen LogP contribution in [0.5, 0.6) is 0 Å². The first-order valence-electron chi connectivity index (χ1n) is 6.81. The lowest BCUT2D eigenvalue weighted by Gasteiger charge is -2.21. The Kier molecular flexibility index (Phi) is 3.77. The molecule has 19 heavy (non-hydrogen) atoms. The zero-order chi connectivity index (χ0) is 14.2. The minimum Gasteiger partial charge on any atom is -0.320 e. The molecule has 2 rings (SSSR count). The van der Waals surface area contributed by atoms with E-state index in [-0.39, 0.29) is 6.04 Å². The van der Waals surface area contributed by atoms with Gasteiger partial charge in [-0.3, -0.25) is 0 Å². The summed E-state index contributed by atoms with van der Waals surface area (Å²) in [6.07, 6.45) is 0. The van der Waals surface area contributed by atoms with Crippen molar-refractivity contribution < 1.29 is 0 Å². The van der Waals surface area contributed by atoms with E-state index < -0.39 is 0 Å². The molecule has 0 aliphatic rings. The third-order valence-corrected chi connectivity index (χ3v) is 4.03. The van der Waals surface area contributed by atoms with Gasteiger partial charge in [0.2, 0.25) is 0 Å². The van der Waals surface area contributed by atoms with Gasteiger partial charge in [-0.1, -0.05) is 35.9 Å². The minimum atomic E-state index is -0.0412. The molecule has 2 N–H and O–H groups in total. The first-order chi connectivity index (χ1) is 8.91. The van der Waals surface area contributed by atoms with Gasteiger partial charge in [-0.05, 0) is 68.0 Å². The van der Waals surface area contributed by atoms with Gasteiger partial charge >= 0.3 is 0 Å². The van der Waals surface area contributed by atoms with E-state index in [1.54, 1.807) is 0 Å². The molecule has 2 aromatic carbocycles. The van der Waals surface area contributed by atoms with E-state index in [4.69, 9.17) is 5.73 Å². The lowest BCUT2D eigenvalue weighted by molar-refractivity contribution is 0.839. The first-order valence-corrected chi connectivity index (χ1v) is 6.81. The van der Waals surface area contributed by atoms with Crippen molar-refractivity contribution in [1.29, 1.82) is 0 Å². The fourth-order valence-electron chi connectivity index (χ4n) is 2.95. The monoisotopic (exact) mass is 253 g/mol. The highest BCUT2D eigenvalue weighted by molar-refractivity contribution is 5.47. The lowest BCUT2D eigenvalue weighted by atomic mass is 9.88. The van der Waals surface area contributed by atoms with Crippen LogP contribution in [-0.4, -0.2) is 0 Å². The van der Waals surface area contributed by atoms with E-state index in [2.05, 4.69) is 65.0 Å². The average Bonchev–Trinajstić information content (AvgIpc) is 2.31. The fraction of sp³-hybridized carbons (Fsp3) is 0.333. The van der Waals surface area contributed by atoms with Gasteiger partial charge in [0.1, 0.15) is 0 Å². The Morgan fingerprint density at radius 1 is 0.842 bits per heavy atom. The Morgan fingerprint density at radius 3 is 2.00 bits per heavy atom. The highest BCUT2D eigenvalue weighted by atomic mass is 14.6. The van der Waals surface area contributed by atoms with E-state index in [0.717, 1.165) is 0 Å². The van der Waals surface area contributed by atoms with Gasteiger partial charge < -0.3 is 5.73 Å². The minimum absolute atomic E-state index is 0.0412. The lowest BCUT2D eigenvalue weighted by Crippen LogP contribution is -2.16. The van der Waals surface area contributed by atoms with Crippen LogP contribution in [0.1, 0.15) is 45.0 Å². The predicted molar refractivity (Wildman–Crippen MR) is 82.6 cm³/mol. The van der Waals surface area contributed by atoms with Gasteiger partial charge in [0.25, 0.3) is 0 Å². The second-order valence-corrected chi connectivity index (χ2v) is 5.58. The van der Waals surface area contributed by atoms with Crippen LogP contribution in [0, 0.1) is 34.6 Å². The molecule has 0 aromatic heterocycles. The van der Waals surface area contributed by atoms with Gasteiger partial charge in [-0.15, -0.1) is 0 Å². The van der Waals surface area contributed by atoms with E-state index >= 15 is 0 Å². The number of hydrogen-bond donors (Lipinski definition) is 1. The van der Waals surface area contributed by atoms with Crippen LogP contribution in [0.3, 0.4) is 0 Å². The van der Waals surface area contributed by atoms with E-state index in [0.29, 0.717) is 0 Å². The summed E-state index contributed by atoms with van der Waals surface area (Å²) in [6, 6.07) is 10.8. The third kappa shape index (κ3) is 2.57. The molecule has 0 fully saturated rings. The third-order valence-electron chi connectivity index (χ3n) is 4.03. The van der Waals surface area contributed by atoms with E-state index in [9.17, 15) is 0 Å². The maximum absolute atomic E-state index is 6.54. The number of benzene rings is 2. The largest absolute Gasteiger partial charge is 0.320 e. The quantitative estimate of drug-likeness (QED) is 0.849. The van der Waals surface area contributed by atoms with Crippen molar-refractivity contribution in [1.82, 2.24) is 0 Å². The molecule has 0 bridgehead atoms. The maximum Gasteiger partial charge on any atom is 0.0559 e. The Bertz CT molecular complexity index is 588. The predicted octanol–water partition coefficient (Wildman–Crippen LogP) is 4.28. The molecule has 1 heteroatoms. The van der Waals surface area contributed by atoms with Crippen LogP contribution in [0.2, 0.25) is 0 Å². The van der Waals surface area contributed by atoms with Gasteiger partial charge in [0.05, 0.1) is 6.04 Å². The molecule has 0 amide bonds. The Labute approximate surface area is 116 Å². The van der Waals surface area contributed by atoms with E-state index in [1.807, 2.05) is 0 Å². The smallest absolute Gasteiger partial charge is 0.0559 e. The van der Waals surface area contributed by atoms with Gasteiger partial charge in [-0.2, -0.15) is 0 Å². The first kappa shape index (κ1) is 13.8. The zero-order valence-corrected chi connectivity index (χ0v) is 12.5. The molecular formula is C18H23N. The molecule has 0 spiro atoms. The molecule has 1 atom stereocenters. The molecule has 100 valence electrons. The van der Waals surface area contributed by atoms with Gasteiger partial charge in [-0.25, -0.2) is 0 Å². The van der Waals surface area contributed by atoms with Crippen LogP contribution in [-0.2, 0) is 0 Å². The van der Waals surface area contributed by atoms with Crippen molar-refractivity contribution >= 4 is 0 Å². The topological polar surface area (TPSA) is 26.0 Å². The summed E-state index contributed by atoms with van der Waals surface area (Å²) < 4.78 is 0. The summed E-state index contributed by atoms with van der Waals surface area (Å²) in [4.78, 5) is 0. The average molecular weight is 253 g/mol. The molecule has 0 saturated heterocycles. The molecule has 0 radical (unpaired) electrons. The Morgan fingerprint density at radius 2 is 1.42 bits per heavy atom. The Hall–Kier alpha value is -1.60. The number of rotatable bonds is 2. The normalized spacial score (nSPS) is 12.5. The molecule has 0 heterocycles. The summed E-state index contributed by atoms with van der Waals surface area (Å²) in [7, 11) is 0. The van der Waals surface area contributed by atoms with Crippen molar-refractivity contribution in [3.63, 3.8) is 0 Å². The number of aryl methyl sites for hydroxylation is 4. The molecule has 0 saturated carbocycles. The summed E-state index contributed by atoms with van der Waals surface area (Å²) >= 11 is 0. The molecule has 2 aromatic rings. The SMILES string of the molecule is Cc1cc(C)c(C(N)c2cccc(C)c2C)c(C)c1. The molecule has 0 aliphatic heterocycles. The molecule has 1 unspecified atom stereocenters. The number of hydrogen-bond acceptors (Lipinski definition) is 1. The summed E-state index contributed by atoms with van der Waals surface area (Å²) in [5, 5.41) is 0. The summed E-state index contributed by atoms with van der Waals surface area (Å²) in [5.41, 5.74) is 15.5. The van der Waals surface area contributed by atoms with Crippen molar-refractivity contribution in [2.75, 3.05) is 0 Å². The van der Waals surface area contributed by atoms with E-state index in [1.165, 1.54) is 38.9 Å². The van der Waals surface area contributed by atoms with Crippen LogP contribution in [0.15, 0.2) is 30.3 Å². The van der Waals surface area contributed by atoms with Crippen LogP contribution < -0.4 is 5.73 Å². The van der Waals surface area contributed by atoms with Crippen LogP contribution in [0.4, 0.5) is 0 Å². The second kappa shape index (κ2) is 5.18. The molecule has 1 nitrogen and oxygen atoms in total. The van der Waals surface area contributed by atoms with Gasteiger partial charge in [0.15, 0.2) is 0 Å². The summed E-state index contributed by atoms with van der Waals surface area (Å²) in [6.45, 7) is 10.7. The van der Waals surface area contributed by atoms with Crippen molar-refractivity contribution in [2.24, 2.45) is 5.73 Å². The van der Waals surface area contributed by atoms with Crippen LogP contribution >= 0.6 is 0 Å². The molecular weight excluding hydrogens is 230 g/mol. The summed E-state index contributed by atoms with van der Waals surface area (Å²) in [5.74, 6) is 0. The van der Waals surface area contributed by atoms with Crippen molar-refractivity contribution in [3.05, 3.63) is 69.3 Å². The van der Waals surface area contributed by atoms with Gasteiger partial charge in [0, 0.05) is 0 Å². The Balaban J connectivity index is 2.56. The highest BCUT2D eigenvalue weighted by Gasteiger charge is 2.16. The zero-order valence-electron chi connectivity index (χ0n) is 12.5. The van der Waals surface area contributed by atoms with Crippen LogP contribution in [0.25, 0.3) is 0 Å². The standard InChI is InChI=1S/C18H23N/c1-11-9-13(3)17(14(4)10-11)18(19)16-8-6-7-12(2)15(16)5/h6-10,18H,19H2,1-5H3. The van der Waals surface area contributed by atoms with Crippen molar-refractivity contribution in [3.8, 4) is 0 Å². The fourth-order valence-corrected chi connectivity index (χ4v) is 2.95.